The summed E-state index contributed by atoms with van der Waals surface area (Å²) in [6.45, 7) is 2.58. The van der Waals surface area contributed by atoms with Gasteiger partial charge in [0, 0.05) is 30.1 Å². The Balaban J connectivity index is 1.40. The summed E-state index contributed by atoms with van der Waals surface area (Å²) < 4.78 is 0. The molecule has 2 unspecified atom stereocenters. The Morgan fingerprint density at radius 3 is 2.78 bits per heavy atom. The number of rotatable bonds is 5. The van der Waals surface area contributed by atoms with Gasteiger partial charge in [-0.15, -0.1) is 11.3 Å². The number of thiophene rings is 1. The fraction of sp³-hybridized carbons (Fsp3) is 0.737. The molecule has 23 heavy (non-hydrogen) atoms. The molecule has 4 heteroatoms. The first-order valence-corrected chi connectivity index (χ1v) is 10.2. The van der Waals surface area contributed by atoms with Crippen LogP contribution in [0.2, 0.25) is 0 Å². The zero-order chi connectivity index (χ0) is 15.6. The average Bonchev–Trinajstić information content (AvgIpc) is 3.31. The van der Waals surface area contributed by atoms with Crippen molar-refractivity contribution in [1.82, 2.24) is 9.80 Å². The second-order valence-electron chi connectivity index (χ2n) is 7.56. The van der Waals surface area contributed by atoms with Gasteiger partial charge in [-0.2, -0.15) is 0 Å². The van der Waals surface area contributed by atoms with Gasteiger partial charge < -0.3 is 4.90 Å². The molecule has 0 N–H and O–H groups in total. The van der Waals surface area contributed by atoms with Crippen molar-refractivity contribution in [2.45, 2.75) is 70.0 Å². The lowest BCUT2D eigenvalue weighted by Crippen LogP contribution is -2.52. The van der Waals surface area contributed by atoms with Gasteiger partial charge in [0.2, 0.25) is 5.91 Å². The molecule has 2 atom stereocenters. The maximum Gasteiger partial charge on any atom is 0.237 e. The quantitative estimate of drug-likeness (QED) is 0.816. The molecule has 126 valence electrons. The van der Waals surface area contributed by atoms with Crippen molar-refractivity contribution in [3.8, 4) is 0 Å². The monoisotopic (exact) mass is 332 g/mol. The van der Waals surface area contributed by atoms with Gasteiger partial charge in [-0.05, 0) is 55.9 Å². The summed E-state index contributed by atoms with van der Waals surface area (Å²) in [6.07, 6.45) is 10.4. The molecule has 2 saturated carbocycles. The van der Waals surface area contributed by atoms with Gasteiger partial charge in [-0.3, -0.25) is 9.69 Å². The lowest BCUT2D eigenvalue weighted by atomic mass is 9.78. The minimum Gasteiger partial charge on any atom is -0.338 e. The summed E-state index contributed by atoms with van der Waals surface area (Å²) >= 11 is 1.81. The van der Waals surface area contributed by atoms with Crippen LogP contribution in [0, 0.1) is 5.92 Å². The second-order valence-corrected chi connectivity index (χ2v) is 8.59. The van der Waals surface area contributed by atoms with E-state index in [-0.39, 0.29) is 0 Å². The zero-order valence-corrected chi connectivity index (χ0v) is 14.8. The molecule has 1 saturated heterocycles. The lowest BCUT2D eigenvalue weighted by Gasteiger charge is -2.44. The van der Waals surface area contributed by atoms with Crippen molar-refractivity contribution in [1.29, 1.82) is 0 Å². The molecule has 2 aliphatic carbocycles. The Hall–Kier alpha value is -0.870. The van der Waals surface area contributed by atoms with E-state index in [9.17, 15) is 4.79 Å². The summed E-state index contributed by atoms with van der Waals surface area (Å²) in [5.74, 6) is 1.18. The predicted molar refractivity (Wildman–Crippen MR) is 94.4 cm³/mol. The third kappa shape index (κ3) is 3.63. The van der Waals surface area contributed by atoms with Crippen LogP contribution < -0.4 is 0 Å². The molecule has 0 radical (unpaired) electrons. The van der Waals surface area contributed by atoms with Crippen LogP contribution in [0.25, 0.3) is 0 Å². The molecule has 1 aromatic heterocycles. The van der Waals surface area contributed by atoms with Crippen molar-refractivity contribution in [3.05, 3.63) is 22.4 Å². The van der Waals surface area contributed by atoms with E-state index in [2.05, 4.69) is 27.3 Å². The average molecular weight is 333 g/mol. The summed E-state index contributed by atoms with van der Waals surface area (Å²) in [4.78, 5) is 19.1. The van der Waals surface area contributed by atoms with Crippen LogP contribution in [-0.2, 0) is 11.3 Å². The Morgan fingerprint density at radius 2 is 2.00 bits per heavy atom. The standard InChI is InChI=1S/C19H28N2OS/c22-19(21-11-3-6-15-5-1-2-8-18(15)21)14-20(16-9-10-16)13-17-7-4-12-23-17/h4,7,12,15-16,18H,1-3,5-6,8-11,13-14H2. The fourth-order valence-electron chi connectivity index (χ4n) is 4.56. The van der Waals surface area contributed by atoms with Crippen LogP contribution >= 0.6 is 11.3 Å². The van der Waals surface area contributed by atoms with Crippen LogP contribution in [-0.4, -0.2) is 40.9 Å². The highest BCUT2D eigenvalue weighted by atomic mass is 32.1. The Kier molecular flexibility index (Phi) is 4.72. The van der Waals surface area contributed by atoms with Gasteiger partial charge in [-0.25, -0.2) is 0 Å². The first-order valence-electron chi connectivity index (χ1n) is 9.37. The number of hydrogen-bond donors (Lipinski definition) is 0. The Labute approximate surface area is 143 Å². The van der Waals surface area contributed by atoms with Crippen molar-refractivity contribution < 1.29 is 4.79 Å². The van der Waals surface area contributed by atoms with Crippen LogP contribution in [0.1, 0.15) is 56.2 Å². The Morgan fingerprint density at radius 1 is 1.17 bits per heavy atom. The van der Waals surface area contributed by atoms with Gasteiger partial charge >= 0.3 is 0 Å². The largest absolute Gasteiger partial charge is 0.338 e. The van der Waals surface area contributed by atoms with Crippen LogP contribution in [0.5, 0.6) is 0 Å². The SMILES string of the molecule is O=C(CN(Cc1cccs1)C1CC1)N1CCCC2CCCCC21. The van der Waals surface area contributed by atoms with E-state index in [0.717, 1.165) is 19.0 Å². The number of piperidine rings is 1. The van der Waals surface area contributed by atoms with E-state index < -0.39 is 0 Å². The Bertz CT molecular complexity index is 523. The molecule has 0 bridgehead atoms. The molecular formula is C19H28N2OS. The number of amides is 1. The van der Waals surface area contributed by atoms with E-state index >= 15 is 0 Å². The van der Waals surface area contributed by atoms with Gasteiger partial charge in [0.15, 0.2) is 0 Å². The molecule has 0 spiro atoms. The molecule has 0 aromatic carbocycles. The normalized spacial score (nSPS) is 28.0. The van der Waals surface area contributed by atoms with E-state index in [4.69, 9.17) is 0 Å². The third-order valence-corrected chi connectivity index (χ3v) is 6.77. The smallest absolute Gasteiger partial charge is 0.237 e. The number of fused-ring (bicyclic) bond motifs is 1. The molecular weight excluding hydrogens is 304 g/mol. The van der Waals surface area contributed by atoms with Crippen LogP contribution in [0.4, 0.5) is 0 Å². The van der Waals surface area contributed by atoms with Gasteiger partial charge in [0.05, 0.1) is 6.54 Å². The third-order valence-electron chi connectivity index (χ3n) is 5.90. The minimum absolute atomic E-state index is 0.394. The maximum absolute atomic E-state index is 13.0. The van der Waals surface area contributed by atoms with Crippen molar-refractivity contribution in [3.63, 3.8) is 0 Å². The van der Waals surface area contributed by atoms with Gasteiger partial charge in [0.1, 0.15) is 0 Å². The predicted octanol–water partition coefficient (Wildman–Crippen LogP) is 3.89. The molecule has 1 aliphatic heterocycles. The number of hydrogen-bond acceptors (Lipinski definition) is 3. The molecule has 3 fully saturated rings. The summed E-state index contributed by atoms with van der Waals surface area (Å²) in [7, 11) is 0. The summed E-state index contributed by atoms with van der Waals surface area (Å²) in [5, 5.41) is 2.14. The van der Waals surface area contributed by atoms with Crippen LogP contribution in [0.15, 0.2) is 17.5 Å². The zero-order valence-electron chi connectivity index (χ0n) is 14.0. The summed E-state index contributed by atoms with van der Waals surface area (Å²) in [5.41, 5.74) is 0. The molecule has 4 rings (SSSR count). The lowest BCUT2D eigenvalue weighted by molar-refractivity contribution is -0.139. The highest BCUT2D eigenvalue weighted by molar-refractivity contribution is 7.09. The van der Waals surface area contributed by atoms with Gasteiger partial charge in [-0.1, -0.05) is 18.9 Å². The molecule has 1 aromatic rings. The topological polar surface area (TPSA) is 23.6 Å². The van der Waals surface area contributed by atoms with Crippen molar-refractivity contribution in [2.75, 3.05) is 13.1 Å². The van der Waals surface area contributed by atoms with E-state index in [0.29, 0.717) is 24.5 Å². The van der Waals surface area contributed by atoms with Crippen molar-refractivity contribution in [2.24, 2.45) is 5.92 Å². The van der Waals surface area contributed by atoms with E-state index in [1.165, 1.54) is 56.2 Å². The number of nitrogens with zero attached hydrogens (tertiary/aromatic N) is 2. The number of carbonyl (C=O) groups excluding carboxylic acids is 1. The first kappa shape index (κ1) is 15.6. The van der Waals surface area contributed by atoms with Crippen LogP contribution in [0.3, 0.4) is 0 Å². The molecule has 2 heterocycles. The molecule has 3 aliphatic rings. The highest BCUT2D eigenvalue weighted by Gasteiger charge is 2.37. The highest BCUT2D eigenvalue weighted by Crippen LogP contribution is 2.36. The van der Waals surface area contributed by atoms with Crippen molar-refractivity contribution >= 4 is 17.2 Å². The first-order chi connectivity index (χ1) is 11.3. The summed E-state index contributed by atoms with van der Waals surface area (Å²) in [6, 6.07) is 5.51. The fourth-order valence-corrected chi connectivity index (χ4v) is 5.28. The molecule has 3 nitrogen and oxygen atoms in total. The second kappa shape index (κ2) is 6.94. The van der Waals surface area contributed by atoms with Gasteiger partial charge in [0.25, 0.3) is 0 Å². The maximum atomic E-state index is 13.0. The number of carbonyl (C=O) groups is 1. The van der Waals surface area contributed by atoms with E-state index in [1.807, 2.05) is 11.3 Å². The number of likely N-dealkylation sites (tertiary alicyclic amines) is 1. The minimum atomic E-state index is 0.394. The van der Waals surface area contributed by atoms with E-state index in [1.54, 1.807) is 0 Å². The molecule has 1 amide bonds.